The molecule has 11 nitrogen and oxygen atoms in total. The van der Waals surface area contributed by atoms with E-state index >= 15 is 0 Å². The number of nitrogen functional groups attached to an aromatic ring is 1. The van der Waals surface area contributed by atoms with Crippen molar-refractivity contribution in [1.29, 1.82) is 0 Å². The lowest BCUT2D eigenvalue weighted by atomic mass is 10.1. The number of rotatable bonds is 7. The molecule has 168 valence electrons. The Balaban J connectivity index is 2.15. The first-order chi connectivity index (χ1) is 15.2. The molecule has 3 heterocycles. The van der Waals surface area contributed by atoms with Crippen LogP contribution in [0.2, 0.25) is 0 Å². The average molecular weight is 440 g/mol. The largest absolute Gasteiger partial charge is 0.449 e. The van der Waals surface area contributed by atoms with Gasteiger partial charge in [-0.25, -0.2) is 14.8 Å². The van der Waals surface area contributed by atoms with Gasteiger partial charge in [-0.1, -0.05) is 19.9 Å². The number of nitro groups is 1. The van der Waals surface area contributed by atoms with Gasteiger partial charge in [0.05, 0.1) is 23.8 Å². The molecule has 2 N–H and O–H groups in total. The van der Waals surface area contributed by atoms with E-state index in [0.29, 0.717) is 11.3 Å². The second-order valence-electron chi connectivity index (χ2n) is 7.34. The monoisotopic (exact) mass is 440 g/mol. The first kappa shape index (κ1) is 22.7. The number of aryl methyl sites for hydroxylation is 1. The summed E-state index contributed by atoms with van der Waals surface area (Å²) in [6.07, 6.45) is 2.30. The van der Waals surface area contributed by atoms with Crippen molar-refractivity contribution < 1.29 is 18.9 Å². The Kier molecular flexibility index (Phi) is 6.67. The number of carbonyl (C=O) groups excluding carboxylic acids is 1. The summed E-state index contributed by atoms with van der Waals surface area (Å²) in [5.74, 6) is -0.132. The zero-order valence-electron chi connectivity index (χ0n) is 18.2. The molecule has 0 spiro atoms. The second-order valence-corrected chi connectivity index (χ2v) is 7.34. The number of hydrogen-bond donors (Lipinski definition) is 1. The van der Waals surface area contributed by atoms with Crippen LogP contribution >= 0.6 is 0 Å². The predicted octanol–water partition coefficient (Wildman–Crippen LogP) is 4.22. The van der Waals surface area contributed by atoms with E-state index in [4.69, 9.17) is 14.9 Å². The van der Waals surface area contributed by atoms with Crippen molar-refractivity contribution in [3.63, 3.8) is 0 Å². The lowest BCUT2D eigenvalue weighted by molar-refractivity contribution is -0.383. The van der Waals surface area contributed by atoms with Crippen LogP contribution in [-0.4, -0.2) is 32.6 Å². The van der Waals surface area contributed by atoms with E-state index in [-0.39, 0.29) is 42.2 Å². The number of nitrogens with zero attached hydrogens (tertiary/aromatic N) is 5. The molecule has 3 aromatic rings. The van der Waals surface area contributed by atoms with Crippen LogP contribution in [0.3, 0.4) is 0 Å². The standard InChI is InChI=1S/C21H24N6O5/c1-5-31-21(28)26(10-14-7-6-13(4)23-9-14)17-8-15(24-19(22)18(17)27(29)30)20-25-16(11-32-20)12(2)3/h6-9,11-12H,5,10H2,1-4H3,(H2,22,24). The van der Waals surface area contributed by atoms with Crippen molar-refractivity contribution in [2.24, 2.45) is 0 Å². The Labute approximate surface area is 184 Å². The van der Waals surface area contributed by atoms with E-state index in [1.807, 2.05) is 20.8 Å². The molecule has 0 aromatic carbocycles. The fraction of sp³-hybridized carbons (Fsp3) is 0.333. The van der Waals surface area contributed by atoms with E-state index in [2.05, 4.69) is 15.0 Å². The van der Waals surface area contributed by atoms with E-state index in [0.717, 1.165) is 10.6 Å². The molecule has 0 bridgehead atoms. The topological polar surface area (TPSA) is 151 Å². The van der Waals surface area contributed by atoms with E-state index < -0.39 is 16.7 Å². The highest BCUT2D eigenvalue weighted by atomic mass is 16.6. The number of anilines is 2. The van der Waals surface area contributed by atoms with Gasteiger partial charge in [0.1, 0.15) is 17.6 Å². The number of nitrogens with two attached hydrogens (primary N) is 1. The van der Waals surface area contributed by atoms with Gasteiger partial charge in [-0.2, -0.15) is 0 Å². The molecule has 0 saturated carbocycles. The number of ether oxygens (including phenoxy) is 1. The molecule has 1 amide bonds. The van der Waals surface area contributed by atoms with Crippen LogP contribution < -0.4 is 10.6 Å². The Morgan fingerprint density at radius 1 is 1.34 bits per heavy atom. The maximum Gasteiger partial charge on any atom is 0.414 e. The summed E-state index contributed by atoms with van der Waals surface area (Å²) in [7, 11) is 0. The van der Waals surface area contributed by atoms with E-state index in [9.17, 15) is 14.9 Å². The van der Waals surface area contributed by atoms with Gasteiger partial charge >= 0.3 is 11.8 Å². The summed E-state index contributed by atoms with van der Waals surface area (Å²) in [6, 6.07) is 4.90. The van der Waals surface area contributed by atoms with Gasteiger partial charge in [-0.15, -0.1) is 0 Å². The van der Waals surface area contributed by atoms with Crippen LogP contribution in [0.15, 0.2) is 35.1 Å². The van der Waals surface area contributed by atoms with Crippen LogP contribution in [0.5, 0.6) is 0 Å². The van der Waals surface area contributed by atoms with E-state index in [1.54, 1.807) is 25.3 Å². The predicted molar refractivity (Wildman–Crippen MR) is 117 cm³/mol. The minimum Gasteiger partial charge on any atom is -0.449 e. The molecule has 0 aliphatic rings. The van der Waals surface area contributed by atoms with Gasteiger partial charge in [-0.3, -0.25) is 20.0 Å². The van der Waals surface area contributed by atoms with Gasteiger partial charge in [0.25, 0.3) is 0 Å². The number of oxazole rings is 1. The third kappa shape index (κ3) is 4.82. The lowest BCUT2D eigenvalue weighted by Crippen LogP contribution is -2.32. The first-order valence-corrected chi connectivity index (χ1v) is 9.97. The first-order valence-electron chi connectivity index (χ1n) is 9.97. The number of amides is 1. The Morgan fingerprint density at radius 3 is 2.66 bits per heavy atom. The van der Waals surface area contributed by atoms with Crippen molar-refractivity contribution in [2.45, 2.75) is 40.2 Å². The molecule has 3 aromatic heterocycles. The molecule has 0 aliphatic heterocycles. The molecule has 0 radical (unpaired) electrons. The van der Waals surface area contributed by atoms with E-state index in [1.165, 1.54) is 12.3 Å². The number of carbonyl (C=O) groups is 1. The fourth-order valence-electron chi connectivity index (χ4n) is 2.94. The highest BCUT2D eigenvalue weighted by Crippen LogP contribution is 2.37. The third-order valence-electron chi connectivity index (χ3n) is 4.61. The van der Waals surface area contributed by atoms with Crippen LogP contribution in [0.1, 0.15) is 43.6 Å². The summed E-state index contributed by atoms with van der Waals surface area (Å²) in [5.41, 5.74) is 7.63. The zero-order chi connectivity index (χ0) is 23.4. The smallest absolute Gasteiger partial charge is 0.414 e. The van der Waals surface area contributed by atoms with Crippen LogP contribution in [0.4, 0.5) is 22.0 Å². The van der Waals surface area contributed by atoms with Gasteiger partial charge in [0, 0.05) is 18.0 Å². The molecule has 11 heteroatoms. The molecule has 0 unspecified atom stereocenters. The van der Waals surface area contributed by atoms with Crippen LogP contribution in [0, 0.1) is 17.0 Å². The highest BCUT2D eigenvalue weighted by Gasteiger charge is 2.31. The molecule has 0 aliphatic carbocycles. The van der Waals surface area contributed by atoms with Crippen molar-refractivity contribution >= 4 is 23.3 Å². The van der Waals surface area contributed by atoms with Crippen LogP contribution in [0.25, 0.3) is 11.6 Å². The van der Waals surface area contributed by atoms with Gasteiger partial charge in [0.15, 0.2) is 0 Å². The quantitative estimate of drug-likeness (QED) is 0.420. The maximum absolute atomic E-state index is 12.8. The average Bonchev–Trinajstić information content (AvgIpc) is 3.23. The summed E-state index contributed by atoms with van der Waals surface area (Å²) in [6.45, 7) is 7.42. The second kappa shape index (κ2) is 9.41. The van der Waals surface area contributed by atoms with Crippen molar-refractivity contribution in [3.8, 4) is 11.6 Å². The van der Waals surface area contributed by atoms with Crippen molar-refractivity contribution in [1.82, 2.24) is 15.0 Å². The fourth-order valence-corrected chi connectivity index (χ4v) is 2.94. The number of pyridine rings is 2. The molecular weight excluding hydrogens is 416 g/mol. The molecule has 3 rings (SSSR count). The molecular formula is C21H24N6O5. The number of aromatic nitrogens is 3. The maximum atomic E-state index is 12.8. The van der Waals surface area contributed by atoms with Gasteiger partial charge in [-0.05, 0) is 31.4 Å². The molecule has 0 atom stereocenters. The normalized spacial score (nSPS) is 10.9. The third-order valence-corrected chi connectivity index (χ3v) is 4.61. The van der Waals surface area contributed by atoms with Gasteiger partial charge in [0.2, 0.25) is 11.7 Å². The van der Waals surface area contributed by atoms with Crippen molar-refractivity contribution in [2.75, 3.05) is 17.2 Å². The minimum absolute atomic E-state index is 0.0291. The minimum atomic E-state index is -0.775. The summed E-state index contributed by atoms with van der Waals surface area (Å²) in [5, 5.41) is 11.8. The Hall–Kier alpha value is -4.02. The van der Waals surface area contributed by atoms with Crippen molar-refractivity contribution in [3.05, 3.63) is 57.7 Å². The SMILES string of the molecule is CCOC(=O)N(Cc1ccc(C)nc1)c1cc(-c2nc(C(C)C)co2)nc(N)c1[N+](=O)[O-]. The molecule has 0 fully saturated rings. The zero-order valence-corrected chi connectivity index (χ0v) is 18.2. The summed E-state index contributed by atoms with van der Waals surface area (Å²) in [4.78, 5) is 37.7. The van der Waals surface area contributed by atoms with Crippen LogP contribution in [-0.2, 0) is 11.3 Å². The lowest BCUT2D eigenvalue weighted by Gasteiger charge is -2.22. The van der Waals surface area contributed by atoms with Gasteiger partial charge < -0.3 is 14.9 Å². The Morgan fingerprint density at radius 2 is 2.09 bits per heavy atom. The summed E-state index contributed by atoms with van der Waals surface area (Å²) >= 11 is 0. The highest BCUT2D eigenvalue weighted by molar-refractivity contribution is 5.93. The number of hydrogen-bond acceptors (Lipinski definition) is 9. The molecule has 0 saturated heterocycles. The Bertz CT molecular complexity index is 1130. The molecule has 32 heavy (non-hydrogen) atoms. The summed E-state index contributed by atoms with van der Waals surface area (Å²) < 4.78 is 10.7.